The number of rotatable bonds is 5. The van der Waals surface area contributed by atoms with Crippen LogP contribution in [0.5, 0.6) is 11.5 Å². The van der Waals surface area contributed by atoms with Crippen LogP contribution in [0.2, 0.25) is 0 Å². The van der Waals surface area contributed by atoms with Crippen LogP contribution in [0.15, 0.2) is 47.3 Å². The number of para-hydroxylation sites is 2. The van der Waals surface area contributed by atoms with Gasteiger partial charge in [-0.2, -0.15) is 0 Å². The van der Waals surface area contributed by atoms with E-state index in [1.807, 2.05) is 30.3 Å². The summed E-state index contributed by atoms with van der Waals surface area (Å²) in [4.78, 5) is 22.3. The van der Waals surface area contributed by atoms with E-state index < -0.39 is 0 Å². The van der Waals surface area contributed by atoms with Crippen molar-refractivity contribution in [2.75, 3.05) is 6.79 Å². The monoisotopic (exact) mass is 349 g/mol. The Balaban J connectivity index is 1.44. The number of H-pyrrole nitrogens is 1. The Labute approximate surface area is 150 Å². The second-order valence-electron chi connectivity index (χ2n) is 6.82. The first-order valence-corrected chi connectivity index (χ1v) is 8.87. The van der Waals surface area contributed by atoms with Gasteiger partial charge in [0, 0.05) is 18.2 Å². The highest BCUT2D eigenvalue weighted by atomic mass is 16.7. The third-order valence-corrected chi connectivity index (χ3v) is 4.93. The minimum atomic E-state index is -0.0846. The molecule has 0 radical (unpaired) electrons. The fraction of sp³-hybridized carbons (Fsp3) is 0.300. The van der Waals surface area contributed by atoms with Gasteiger partial charge in [0.05, 0.1) is 17.4 Å². The van der Waals surface area contributed by atoms with Crippen molar-refractivity contribution in [3.05, 3.63) is 64.2 Å². The van der Waals surface area contributed by atoms with Gasteiger partial charge in [-0.1, -0.05) is 24.3 Å². The van der Waals surface area contributed by atoms with Crippen LogP contribution in [0.25, 0.3) is 10.9 Å². The van der Waals surface area contributed by atoms with Gasteiger partial charge in [0.25, 0.3) is 5.56 Å². The van der Waals surface area contributed by atoms with Crippen LogP contribution < -0.4 is 15.0 Å². The van der Waals surface area contributed by atoms with Crippen molar-refractivity contribution in [3.8, 4) is 11.5 Å². The van der Waals surface area contributed by atoms with Gasteiger partial charge in [0.1, 0.15) is 5.82 Å². The van der Waals surface area contributed by atoms with Crippen LogP contribution in [0.3, 0.4) is 0 Å². The van der Waals surface area contributed by atoms with Crippen LogP contribution in [0, 0.1) is 0 Å². The molecule has 2 aliphatic rings. The second-order valence-corrected chi connectivity index (χ2v) is 6.82. The number of nitrogens with zero attached hydrogens (tertiary/aromatic N) is 2. The summed E-state index contributed by atoms with van der Waals surface area (Å²) in [5.74, 6) is 2.33. The Morgan fingerprint density at radius 3 is 2.85 bits per heavy atom. The molecule has 2 aromatic carbocycles. The Hall–Kier alpha value is -2.86. The van der Waals surface area contributed by atoms with Crippen LogP contribution in [0.1, 0.15) is 24.2 Å². The maximum Gasteiger partial charge on any atom is 0.258 e. The van der Waals surface area contributed by atoms with E-state index in [2.05, 4.69) is 20.9 Å². The van der Waals surface area contributed by atoms with Crippen LogP contribution >= 0.6 is 0 Å². The minimum absolute atomic E-state index is 0.0846. The first-order valence-electron chi connectivity index (χ1n) is 8.87. The lowest BCUT2D eigenvalue weighted by atomic mass is 10.1. The molecule has 0 amide bonds. The van der Waals surface area contributed by atoms with Gasteiger partial charge < -0.3 is 14.5 Å². The summed E-state index contributed by atoms with van der Waals surface area (Å²) in [5.41, 5.74) is 1.76. The highest BCUT2D eigenvalue weighted by molar-refractivity contribution is 5.77. The van der Waals surface area contributed by atoms with Crippen molar-refractivity contribution in [1.82, 2.24) is 14.9 Å². The van der Waals surface area contributed by atoms with Crippen molar-refractivity contribution in [1.29, 1.82) is 0 Å². The molecule has 0 bridgehead atoms. The third-order valence-electron chi connectivity index (χ3n) is 4.93. The Bertz CT molecular complexity index is 1030. The van der Waals surface area contributed by atoms with Gasteiger partial charge in [-0.05, 0) is 31.0 Å². The zero-order chi connectivity index (χ0) is 17.5. The third kappa shape index (κ3) is 2.82. The average molecular weight is 349 g/mol. The number of ether oxygens (including phenoxy) is 2. The molecule has 1 saturated carbocycles. The molecule has 6 heteroatoms. The molecule has 6 nitrogen and oxygen atoms in total. The first kappa shape index (κ1) is 15.4. The fourth-order valence-corrected chi connectivity index (χ4v) is 3.49. The van der Waals surface area contributed by atoms with E-state index in [1.54, 1.807) is 6.07 Å². The zero-order valence-electron chi connectivity index (χ0n) is 14.3. The molecule has 3 aromatic rings. The lowest BCUT2D eigenvalue weighted by Gasteiger charge is -2.22. The quantitative estimate of drug-likeness (QED) is 0.767. The summed E-state index contributed by atoms with van der Waals surface area (Å²) in [6, 6.07) is 13.9. The number of hydrogen-bond acceptors (Lipinski definition) is 5. The second kappa shape index (κ2) is 6.14. The number of fused-ring (bicyclic) bond motifs is 2. The Morgan fingerprint density at radius 2 is 1.96 bits per heavy atom. The smallest absolute Gasteiger partial charge is 0.258 e. The van der Waals surface area contributed by atoms with Gasteiger partial charge in [0.2, 0.25) is 6.79 Å². The highest BCUT2D eigenvalue weighted by Crippen LogP contribution is 2.38. The topological polar surface area (TPSA) is 67.5 Å². The molecule has 1 N–H and O–H groups in total. The Kier molecular flexibility index (Phi) is 3.64. The minimum Gasteiger partial charge on any atom is -0.454 e. The van der Waals surface area contributed by atoms with E-state index in [4.69, 9.17) is 9.47 Å². The molecule has 0 saturated heterocycles. The average Bonchev–Trinajstić information content (AvgIpc) is 3.38. The summed E-state index contributed by atoms with van der Waals surface area (Å²) in [6.07, 6.45) is 2.34. The van der Waals surface area contributed by atoms with E-state index in [0.717, 1.165) is 29.1 Å². The number of benzene rings is 2. The standard InChI is InChI=1S/C20H19N3O3/c24-20-15-5-1-2-6-16(15)21-18(22-20)11-23(14-8-9-14)10-13-4-3-7-17-19(13)26-12-25-17/h1-7,14H,8-12H2,(H,21,22,24). The van der Waals surface area contributed by atoms with Gasteiger partial charge in [-0.15, -0.1) is 0 Å². The van der Waals surface area contributed by atoms with Gasteiger partial charge in [-0.25, -0.2) is 4.98 Å². The van der Waals surface area contributed by atoms with Gasteiger partial charge in [0.15, 0.2) is 11.5 Å². The maximum atomic E-state index is 12.3. The largest absolute Gasteiger partial charge is 0.454 e. The maximum absolute atomic E-state index is 12.3. The van der Waals surface area contributed by atoms with E-state index in [0.29, 0.717) is 23.8 Å². The zero-order valence-corrected chi connectivity index (χ0v) is 14.3. The number of hydrogen-bond donors (Lipinski definition) is 1. The van der Waals surface area contributed by atoms with E-state index in [1.165, 1.54) is 12.8 Å². The number of nitrogens with one attached hydrogen (secondary N) is 1. The van der Waals surface area contributed by atoms with Crippen molar-refractivity contribution in [3.63, 3.8) is 0 Å². The van der Waals surface area contributed by atoms with E-state index in [-0.39, 0.29) is 12.4 Å². The molecule has 1 aliphatic carbocycles. The summed E-state index contributed by atoms with van der Waals surface area (Å²) in [5, 5.41) is 0.626. The predicted molar refractivity (Wildman–Crippen MR) is 97.2 cm³/mol. The predicted octanol–water partition coefficient (Wildman–Crippen LogP) is 2.82. The van der Waals surface area contributed by atoms with Crippen molar-refractivity contribution in [2.45, 2.75) is 32.0 Å². The lowest BCUT2D eigenvalue weighted by Crippen LogP contribution is -2.27. The number of aromatic nitrogens is 2. The molecule has 0 unspecified atom stereocenters. The molecule has 0 spiro atoms. The van der Waals surface area contributed by atoms with Crippen LogP contribution in [-0.2, 0) is 13.1 Å². The van der Waals surface area contributed by atoms with E-state index in [9.17, 15) is 4.79 Å². The van der Waals surface area contributed by atoms with Crippen molar-refractivity contribution < 1.29 is 9.47 Å². The van der Waals surface area contributed by atoms with E-state index >= 15 is 0 Å². The fourth-order valence-electron chi connectivity index (χ4n) is 3.49. The molecule has 26 heavy (non-hydrogen) atoms. The van der Waals surface area contributed by atoms with Crippen LogP contribution in [0.4, 0.5) is 0 Å². The molecule has 2 heterocycles. The molecular formula is C20H19N3O3. The summed E-state index contributed by atoms with van der Waals surface area (Å²) in [6.45, 7) is 1.62. The molecule has 1 aliphatic heterocycles. The summed E-state index contributed by atoms with van der Waals surface area (Å²) in [7, 11) is 0. The SMILES string of the molecule is O=c1[nH]c(CN(Cc2cccc3c2OCO3)C2CC2)nc2ccccc12. The van der Waals surface area contributed by atoms with Crippen molar-refractivity contribution >= 4 is 10.9 Å². The molecular weight excluding hydrogens is 330 g/mol. The summed E-state index contributed by atoms with van der Waals surface area (Å²) >= 11 is 0. The highest BCUT2D eigenvalue weighted by Gasteiger charge is 2.31. The van der Waals surface area contributed by atoms with Crippen molar-refractivity contribution in [2.24, 2.45) is 0 Å². The van der Waals surface area contributed by atoms with Crippen LogP contribution in [-0.4, -0.2) is 27.7 Å². The molecule has 1 aromatic heterocycles. The first-order chi connectivity index (χ1) is 12.8. The molecule has 0 atom stereocenters. The molecule has 5 rings (SSSR count). The molecule has 1 fully saturated rings. The molecule has 132 valence electrons. The Morgan fingerprint density at radius 1 is 1.08 bits per heavy atom. The summed E-state index contributed by atoms with van der Waals surface area (Å²) < 4.78 is 11.1. The van der Waals surface area contributed by atoms with Gasteiger partial charge in [-0.3, -0.25) is 9.69 Å². The van der Waals surface area contributed by atoms with Gasteiger partial charge >= 0.3 is 0 Å². The normalized spacial score (nSPS) is 15.7. The lowest BCUT2D eigenvalue weighted by molar-refractivity contribution is 0.171. The number of aromatic amines is 1.